The molecule has 1 aromatic heterocycles. The van der Waals surface area contributed by atoms with E-state index in [1.165, 1.54) is 0 Å². The van der Waals surface area contributed by atoms with E-state index < -0.39 is 6.04 Å². The maximum atomic E-state index is 11.6. The summed E-state index contributed by atoms with van der Waals surface area (Å²) in [5.41, 5.74) is 10.2. The van der Waals surface area contributed by atoms with Crippen LogP contribution in [-0.2, 0) is 4.79 Å². The van der Waals surface area contributed by atoms with Gasteiger partial charge in [0.2, 0.25) is 5.91 Å². The van der Waals surface area contributed by atoms with Gasteiger partial charge in [-0.05, 0) is 57.8 Å². The molecule has 5 nitrogen and oxygen atoms in total. The number of aryl methyl sites for hydroxylation is 1. The molecule has 104 valence electrons. The van der Waals surface area contributed by atoms with Crippen LogP contribution in [0.2, 0.25) is 0 Å². The zero-order valence-electron chi connectivity index (χ0n) is 10.9. The lowest BCUT2D eigenvalue weighted by molar-refractivity contribution is -0.116. The number of aromatic nitrogens is 2. The summed E-state index contributed by atoms with van der Waals surface area (Å²) in [7, 11) is 0. The van der Waals surface area contributed by atoms with Crippen molar-refractivity contribution >= 4 is 43.5 Å². The highest BCUT2D eigenvalue weighted by Gasteiger charge is 2.28. The van der Waals surface area contributed by atoms with Crippen LogP contribution in [-0.4, -0.2) is 15.7 Å². The van der Waals surface area contributed by atoms with E-state index in [-0.39, 0.29) is 5.91 Å². The molecule has 1 aliphatic rings. The third-order valence-electron chi connectivity index (χ3n) is 3.43. The summed E-state index contributed by atoms with van der Waals surface area (Å²) >= 11 is 7.05. The number of anilines is 1. The van der Waals surface area contributed by atoms with Crippen LogP contribution in [0.5, 0.6) is 0 Å². The van der Waals surface area contributed by atoms with Crippen molar-refractivity contribution in [2.24, 2.45) is 5.73 Å². The molecular formula is C13H12Br2N4O. The van der Waals surface area contributed by atoms with Gasteiger partial charge in [0, 0.05) is 15.7 Å². The van der Waals surface area contributed by atoms with Crippen molar-refractivity contribution < 1.29 is 4.79 Å². The second kappa shape index (κ2) is 4.68. The average Bonchev–Trinajstić information content (AvgIpc) is 2.82. The monoisotopic (exact) mass is 398 g/mol. The number of hydrogen-bond donors (Lipinski definition) is 2. The largest absolute Gasteiger partial charge is 0.324 e. The minimum Gasteiger partial charge on any atom is -0.324 e. The molecule has 1 amide bonds. The first-order chi connectivity index (χ1) is 9.40. The van der Waals surface area contributed by atoms with Crippen molar-refractivity contribution in [1.29, 1.82) is 0 Å². The van der Waals surface area contributed by atoms with Crippen LogP contribution < -0.4 is 11.1 Å². The lowest BCUT2D eigenvalue weighted by Crippen LogP contribution is -2.19. The van der Waals surface area contributed by atoms with Crippen LogP contribution >= 0.6 is 31.9 Å². The number of rotatable bonds is 1. The maximum absolute atomic E-state index is 11.6. The molecular weight excluding hydrogens is 388 g/mol. The van der Waals surface area contributed by atoms with E-state index in [9.17, 15) is 4.79 Å². The number of fused-ring (bicyclic) bond motifs is 1. The van der Waals surface area contributed by atoms with Crippen molar-refractivity contribution in [1.82, 2.24) is 9.78 Å². The highest BCUT2D eigenvalue weighted by atomic mass is 79.9. The molecule has 0 saturated heterocycles. The topological polar surface area (TPSA) is 72.9 Å². The number of amides is 1. The Morgan fingerprint density at radius 1 is 1.35 bits per heavy atom. The summed E-state index contributed by atoms with van der Waals surface area (Å²) < 4.78 is 3.66. The molecule has 2 heterocycles. The quantitative estimate of drug-likeness (QED) is 0.774. The molecule has 20 heavy (non-hydrogen) atoms. The number of nitrogens with zero attached hydrogens (tertiary/aromatic N) is 2. The molecule has 3 N–H and O–H groups in total. The van der Waals surface area contributed by atoms with Gasteiger partial charge >= 0.3 is 0 Å². The first-order valence-corrected chi connectivity index (χ1v) is 7.60. The Hall–Kier alpha value is -1.18. The molecule has 0 radical (unpaired) electrons. The Bertz CT molecular complexity index is 738. The Morgan fingerprint density at radius 3 is 2.65 bits per heavy atom. The van der Waals surface area contributed by atoms with Gasteiger partial charge in [-0.3, -0.25) is 4.79 Å². The van der Waals surface area contributed by atoms with Crippen LogP contribution in [0.15, 0.2) is 21.1 Å². The third kappa shape index (κ3) is 1.92. The zero-order chi connectivity index (χ0) is 14.6. The molecule has 0 fully saturated rings. The molecule has 0 spiro atoms. The van der Waals surface area contributed by atoms with Crippen molar-refractivity contribution in [2.75, 3.05) is 5.32 Å². The van der Waals surface area contributed by atoms with Crippen molar-refractivity contribution in [2.45, 2.75) is 19.9 Å². The summed E-state index contributed by atoms with van der Waals surface area (Å²) in [5.74, 6) is -0.182. The van der Waals surface area contributed by atoms with Gasteiger partial charge in [-0.25, -0.2) is 4.68 Å². The molecule has 0 saturated carbocycles. The Kier molecular flexibility index (Phi) is 3.23. The fourth-order valence-electron chi connectivity index (χ4n) is 2.32. The molecule has 3 rings (SSSR count). The van der Waals surface area contributed by atoms with E-state index >= 15 is 0 Å². The fourth-order valence-corrected chi connectivity index (χ4v) is 3.09. The second-order valence-corrected chi connectivity index (χ2v) is 6.40. The van der Waals surface area contributed by atoms with E-state index in [1.54, 1.807) is 0 Å². The normalized spacial score (nSPS) is 17.2. The Balaban J connectivity index is 2.19. The Morgan fingerprint density at radius 2 is 2.05 bits per heavy atom. The summed E-state index contributed by atoms with van der Waals surface area (Å²) in [6.07, 6.45) is 0. The zero-order valence-corrected chi connectivity index (χ0v) is 14.0. The minimum atomic E-state index is -0.609. The molecule has 1 atom stereocenters. The SMILES string of the molecule is Cc1nn(-c2cc3c(cc2Br)C(N)C(=O)N3)c(C)c1Br. The van der Waals surface area contributed by atoms with Gasteiger partial charge in [-0.15, -0.1) is 0 Å². The number of benzene rings is 1. The number of nitrogens with two attached hydrogens (primary N) is 1. The number of hydrogen-bond acceptors (Lipinski definition) is 3. The molecule has 7 heteroatoms. The number of carbonyl (C=O) groups is 1. The molecule has 1 aromatic carbocycles. The van der Waals surface area contributed by atoms with Gasteiger partial charge in [0.05, 0.1) is 21.5 Å². The maximum Gasteiger partial charge on any atom is 0.245 e. The van der Waals surface area contributed by atoms with E-state index in [0.717, 1.165) is 37.3 Å². The van der Waals surface area contributed by atoms with Crippen LogP contribution in [0.4, 0.5) is 5.69 Å². The van der Waals surface area contributed by atoms with Gasteiger partial charge in [0.25, 0.3) is 0 Å². The van der Waals surface area contributed by atoms with Gasteiger partial charge in [-0.2, -0.15) is 5.10 Å². The second-order valence-electron chi connectivity index (χ2n) is 4.75. The first kappa shape index (κ1) is 13.8. The summed E-state index contributed by atoms with van der Waals surface area (Å²) in [4.78, 5) is 11.6. The predicted octanol–water partition coefficient (Wildman–Crippen LogP) is 2.97. The summed E-state index contributed by atoms with van der Waals surface area (Å²) in [6.45, 7) is 3.92. The molecule has 0 bridgehead atoms. The standard InChI is InChI=1S/C13H12Br2N4O/c1-5-11(15)6(2)19(18-5)10-4-9-7(3-8(10)14)12(16)13(20)17-9/h3-4,12H,16H2,1-2H3,(H,17,20). The van der Waals surface area contributed by atoms with Crippen molar-refractivity contribution in [3.05, 3.63) is 38.0 Å². The summed E-state index contributed by atoms with van der Waals surface area (Å²) in [5, 5.41) is 7.29. The number of halogens is 2. The lowest BCUT2D eigenvalue weighted by Gasteiger charge is -2.10. The number of nitrogens with one attached hydrogen (secondary N) is 1. The lowest BCUT2D eigenvalue weighted by atomic mass is 10.1. The van der Waals surface area contributed by atoms with Crippen LogP contribution in [0.3, 0.4) is 0 Å². The summed E-state index contributed by atoms with van der Waals surface area (Å²) in [6, 6.07) is 3.15. The Labute approximate surface area is 132 Å². The van der Waals surface area contributed by atoms with Crippen LogP contribution in [0, 0.1) is 13.8 Å². The fraction of sp³-hybridized carbons (Fsp3) is 0.231. The van der Waals surface area contributed by atoms with Crippen LogP contribution in [0.1, 0.15) is 23.0 Å². The molecule has 0 aliphatic carbocycles. The third-order valence-corrected chi connectivity index (χ3v) is 5.21. The first-order valence-electron chi connectivity index (χ1n) is 6.02. The predicted molar refractivity (Wildman–Crippen MR) is 84.0 cm³/mol. The smallest absolute Gasteiger partial charge is 0.245 e. The van der Waals surface area contributed by atoms with E-state index in [4.69, 9.17) is 5.73 Å². The van der Waals surface area contributed by atoms with Gasteiger partial charge in [-0.1, -0.05) is 0 Å². The van der Waals surface area contributed by atoms with Gasteiger partial charge in [0.1, 0.15) is 6.04 Å². The molecule has 1 aliphatic heterocycles. The van der Waals surface area contributed by atoms with Crippen LogP contribution in [0.25, 0.3) is 5.69 Å². The van der Waals surface area contributed by atoms with Crippen molar-refractivity contribution in [3.8, 4) is 5.69 Å². The average molecular weight is 400 g/mol. The molecule has 2 aromatic rings. The van der Waals surface area contributed by atoms with E-state index in [1.807, 2.05) is 30.7 Å². The highest BCUT2D eigenvalue weighted by molar-refractivity contribution is 9.11. The van der Waals surface area contributed by atoms with E-state index in [2.05, 4.69) is 42.3 Å². The van der Waals surface area contributed by atoms with Crippen molar-refractivity contribution in [3.63, 3.8) is 0 Å². The number of carbonyl (C=O) groups excluding carboxylic acids is 1. The highest BCUT2D eigenvalue weighted by Crippen LogP contribution is 2.36. The minimum absolute atomic E-state index is 0.182. The van der Waals surface area contributed by atoms with E-state index in [0.29, 0.717) is 0 Å². The van der Waals surface area contributed by atoms with Gasteiger partial charge < -0.3 is 11.1 Å². The molecule has 1 unspecified atom stereocenters. The van der Waals surface area contributed by atoms with Gasteiger partial charge in [0.15, 0.2) is 0 Å².